The fraction of sp³-hybridized carbons (Fsp3) is 0.474. The van der Waals surface area contributed by atoms with E-state index in [1.54, 1.807) is 17.9 Å². The van der Waals surface area contributed by atoms with E-state index in [0.29, 0.717) is 0 Å². The lowest BCUT2D eigenvalue weighted by Crippen LogP contribution is -2.30. The first-order valence-electron chi connectivity index (χ1n) is 8.93. The van der Waals surface area contributed by atoms with Crippen LogP contribution in [0.25, 0.3) is 0 Å². The van der Waals surface area contributed by atoms with Gasteiger partial charge in [-0.05, 0) is 57.1 Å². The third kappa shape index (κ3) is 6.50. The van der Waals surface area contributed by atoms with Gasteiger partial charge >= 0.3 is 0 Å². The number of aromatic nitrogens is 2. The predicted octanol–water partition coefficient (Wildman–Crippen LogP) is 2.80. The molecule has 0 aliphatic carbocycles. The van der Waals surface area contributed by atoms with Crippen molar-refractivity contribution in [2.24, 2.45) is 7.05 Å². The van der Waals surface area contributed by atoms with Gasteiger partial charge in [0.15, 0.2) is 0 Å². The molecule has 6 nitrogen and oxygen atoms in total. The average Bonchev–Trinajstić information content (AvgIpc) is 3.27. The molecule has 150 valence electrons. The van der Waals surface area contributed by atoms with E-state index in [2.05, 4.69) is 32.8 Å². The number of anilines is 1. The first-order valence-corrected chi connectivity index (χ1v) is 8.93. The molecule has 8 heteroatoms. The van der Waals surface area contributed by atoms with Gasteiger partial charge < -0.3 is 15.5 Å². The Labute approximate surface area is 173 Å². The van der Waals surface area contributed by atoms with Crippen molar-refractivity contribution in [1.82, 2.24) is 20.0 Å². The highest BCUT2D eigenvalue weighted by atomic mass is 35.5. The summed E-state index contributed by atoms with van der Waals surface area (Å²) in [5, 5.41) is 10.2. The molecule has 27 heavy (non-hydrogen) atoms. The Bertz CT molecular complexity index is 698. The summed E-state index contributed by atoms with van der Waals surface area (Å²) in [7, 11) is 3.62. The Hall–Kier alpha value is -1.60. The van der Waals surface area contributed by atoms with Gasteiger partial charge in [-0.25, -0.2) is 0 Å². The van der Waals surface area contributed by atoms with Crippen LogP contribution < -0.4 is 10.6 Å². The fourth-order valence-corrected chi connectivity index (χ4v) is 3.30. The van der Waals surface area contributed by atoms with Gasteiger partial charge in [-0.2, -0.15) is 5.10 Å². The van der Waals surface area contributed by atoms with E-state index in [0.717, 1.165) is 24.2 Å². The number of likely N-dealkylation sites (tertiary alicyclic amines) is 1. The summed E-state index contributed by atoms with van der Waals surface area (Å²) in [6.45, 7) is 3.58. The maximum absolute atomic E-state index is 12.5. The normalized spacial score (nSPS) is 14.9. The standard InChI is InChI=1S/C19H27N5O.2ClH/c1-20-18(16-13-21-23(2)14-16)19(25)22-17-7-5-15(6-8-17)9-12-24-10-3-4-11-24;;/h5-8,13-14,18,20H,3-4,9-12H2,1-2H3,(H,22,25);2*1H. The zero-order chi connectivity index (χ0) is 17.6. The van der Waals surface area contributed by atoms with E-state index in [4.69, 9.17) is 0 Å². The minimum absolute atomic E-state index is 0. The summed E-state index contributed by atoms with van der Waals surface area (Å²) in [4.78, 5) is 15.0. The van der Waals surface area contributed by atoms with Crippen molar-refractivity contribution in [3.63, 3.8) is 0 Å². The highest BCUT2D eigenvalue weighted by Crippen LogP contribution is 2.16. The fourth-order valence-electron chi connectivity index (χ4n) is 3.30. The van der Waals surface area contributed by atoms with Crippen LogP contribution in [0.2, 0.25) is 0 Å². The van der Waals surface area contributed by atoms with Crippen LogP contribution in [0.4, 0.5) is 5.69 Å². The van der Waals surface area contributed by atoms with E-state index >= 15 is 0 Å². The summed E-state index contributed by atoms with van der Waals surface area (Å²) in [6.07, 6.45) is 7.27. The van der Waals surface area contributed by atoms with Crippen molar-refractivity contribution in [3.05, 3.63) is 47.8 Å². The Morgan fingerprint density at radius 3 is 2.41 bits per heavy atom. The Morgan fingerprint density at radius 2 is 1.85 bits per heavy atom. The third-order valence-corrected chi connectivity index (χ3v) is 4.75. The summed E-state index contributed by atoms with van der Waals surface area (Å²) in [6, 6.07) is 7.75. The van der Waals surface area contributed by atoms with Gasteiger partial charge in [-0.15, -0.1) is 24.8 Å². The molecule has 0 saturated carbocycles. The van der Waals surface area contributed by atoms with Crippen LogP contribution in [0, 0.1) is 0 Å². The van der Waals surface area contributed by atoms with Gasteiger partial charge in [-0.1, -0.05) is 12.1 Å². The van der Waals surface area contributed by atoms with Gasteiger partial charge in [-0.3, -0.25) is 9.48 Å². The summed E-state index contributed by atoms with van der Waals surface area (Å²) in [5.74, 6) is -0.0830. The highest BCUT2D eigenvalue weighted by Gasteiger charge is 2.20. The van der Waals surface area contributed by atoms with Crippen LogP contribution in [0.3, 0.4) is 0 Å². The molecule has 1 unspecified atom stereocenters. The number of halogens is 2. The molecule has 0 bridgehead atoms. The maximum Gasteiger partial charge on any atom is 0.246 e. The number of hydrogen-bond acceptors (Lipinski definition) is 4. The lowest BCUT2D eigenvalue weighted by molar-refractivity contribution is -0.118. The zero-order valence-electron chi connectivity index (χ0n) is 15.9. The van der Waals surface area contributed by atoms with E-state index < -0.39 is 6.04 Å². The first kappa shape index (κ1) is 23.4. The number of benzene rings is 1. The van der Waals surface area contributed by atoms with E-state index in [1.807, 2.05) is 25.4 Å². The van der Waals surface area contributed by atoms with Crippen LogP contribution in [-0.2, 0) is 18.3 Å². The van der Waals surface area contributed by atoms with Crippen LogP contribution in [-0.4, -0.2) is 47.3 Å². The van der Waals surface area contributed by atoms with Gasteiger partial charge in [0, 0.05) is 31.0 Å². The number of rotatable bonds is 7. The lowest BCUT2D eigenvalue weighted by Gasteiger charge is -2.16. The second kappa shape index (κ2) is 11.3. The molecule has 1 aliphatic rings. The predicted molar refractivity (Wildman–Crippen MR) is 114 cm³/mol. The molecule has 1 atom stereocenters. The van der Waals surface area contributed by atoms with E-state index in [1.165, 1.54) is 31.5 Å². The minimum Gasteiger partial charge on any atom is -0.324 e. The number of amides is 1. The number of carbonyl (C=O) groups is 1. The lowest BCUT2D eigenvalue weighted by atomic mass is 10.1. The highest BCUT2D eigenvalue weighted by molar-refractivity contribution is 5.95. The van der Waals surface area contributed by atoms with Crippen LogP contribution in [0.1, 0.15) is 30.0 Å². The second-order valence-electron chi connectivity index (χ2n) is 6.65. The van der Waals surface area contributed by atoms with Gasteiger partial charge in [0.05, 0.1) is 6.20 Å². The molecular weight excluding hydrogens is 385 g/mol. The summed E-state index contributed by atoms with van der Waals surface area (Å²) in [5.41, 5.74) is 2.98. The summed E-state index contributed by atoms with van der Waals surface area (Å²) < 4.78 is 1.70. The van der Waals surface area contributed by atoms with Crippen LogP contribution in [0.15, 0.2) is 36.7 Å². The van der Waals surface area contributed by atoms with Crippen molar-refractivity contribution in [3.8, 4) is 0 Å². The number of nitrogens with zero attached hydrogens (tertiary/aromatic N) is 3. The maximum atomic E-state index is 12.5. The number of nitrogens with one attached hydrogen (secondary N) is 2. The molecule has 1 aromatic carbocycles. The number of carbonyl (C=O) groups excluding carboxylic acids is 1. The molecule has 3 rings (SSSR count). The Balaban J connectivity index is 0.00000182. The molecule has 0 spiro atoms. The van der Waals surface area contributed by atoms with Gasteiger partial charge in [0.1, 0.15) is 6.04 Å². The van der Waals surface area contributed by atoms with E-state index in [-0.39, 0.29) is 30.7 Å². The minimum atomic E-state index is -0.413. The van der Waals surface area contributed by atoms with Crippen molar-refractivity contribution in [2.75, 3.05) is 32.0 Å². The smallest absolute Gasteiger partial charge is 0.246 e. The molecule has 1 aliphatic heterocycles. The molecule has 1 amide bonds. The van der Waals surface area contributed by atoms with Crippen LogP contribution >= 0.6 is 24.8 Å². The summed E-state index contributed by atoms with van der Waals surface area (Å²) >= 11 is 0. The van der Waals surface area contributed by atoms with Crippen molar-refractivity contribution in [2.45, 2.75) is 25.3 Å². The molecule has 2 N–H and O–H groups in total. The zero-order valence-corrected chi connectivity index (χ0v) is 17.5. The molecular formula is C19H29Cl2N5O. The SMILES string of the molecule is CNC(C(=O)Nc1ccc(CCN2CCCC2)cc1)c1cnn(C)c1.Cl.Cl. The van der Waals surface area contributed by atoms with Crippen molar-refractivity contribution in [1.29, 1.82) is 0 Å². The Kier molecular flexibility index (Phi) is 9.80. The topological polar surface area (TPSA) is 62.2 Å². The monoisotopic (exact) mass is 413 g/mol. The number of aryl methyl sites for hydroxylation is 1. The van der Waals surface area contributed by atoms with Gasteiger partial charge in [0.2, 0.25) is 5.91 Å². The number of likely N-dealkylation sites (N-methyl/N-ethyl adjacent to an activating group) is 1. The molecule has 2 heterocycles. The van der Waals surface area contributed by atoms with E-state index in [9.17, 15) is 4.79 Å². The number of hydrogen-bond donors (Lipinski definition) is 2. The van der Waals surface area contributed by atoms with Gasteiger partial charge in [0.25, 0.3) is 0 Å². The Morgan fingerprint density at radius 1 is 1.19 bits per heavy atom. The molecule has 1 saturated heterocycles. The molecule has 0 radical (unpaired) electrons. The first-order chi connectivity index (χ1) is 12.2. The third-order valence-electron chi connectivity index (χ3n) is 4.75. The average molecular weight is 414 g/mol. The second-order valence-corrected chi connectivity index (χ2v) is 6.65. The van der Waals surface area contributed by atoms with Crippen LogP contribution in [0.5, 0.6) is 0 Å². The molecule has 2 aromatic rings. The largest absolute Gasteiger partial charge is 0.324 e. The van der Waals surface area contributed by atoms with Crippen molar-refractivity contribution >= 4 is 36.4 Å². The molecule has 1 fully saturated rings. The molecule has 1 aromatic heterocycles. The quantitative estimate of drug-likeness (QED) is 0.732. The van der Waals surface area contributed by atoms with Crippen molar-refractivity contribution < 1.29 is 4.79 Å².